The Morgan fingerprint density at radius 3 is 2.41 bits per heavy atom. The molecule has 0 unspecified atom stereocenters. The van der Waals surface area contributed by atoms with Crippen molar-refractivity contribution in [1.82, 2.24) is 14.8 Å². The van der Waals surface area contributed by atoms with Crippen LogP contribution < -0.4 is 4.90 Å². The number of hydrogen-bond acceptors (Lipinski definition) is 4. The molecule has 2 rings (SSSR count). The Morgan fingerprint density at radius 1 is 1.18 bits per heavy atom. The molecule has 126 valence electrons. The lowest BCUT2D eigenvalue weighted by Gasteiger charge is -2.33. The smallest absolute Gasteiger partial charge is 0.374 e. The van der Waals surface area contributed by atoms with Gasteiger partial charge in [-0.1, -0.05) is 0 Å². The van der Waals surface area contributed by atoms with Crippen molar-refractivity contribution in [2.24, 2.45) is 5.92 Å². The summed E-state index contributed by atoms with van der Waals surface area (Å²) < 4.78 is 44.7. The van der Waals surface area contributed by atoms with Crippen LogP contribution in [-0.2, 0) is 17.9 Å². The maximum atomic E-state index is 12.4. The van der Waals surface area contributed by atoms with Gasteiger partial charge >= 0.3 is 6.18 Å². The van der Waals surface area contributed by atoms with E-state index in [0.29, 0.717) is 45.7 Å². The molecule has 0 aliphatic carbocycles. The summed E-state index contributed by atoms with van der Waals surface area (Å²) in [7, 11) is 0. The number of hydrogen-bond donors (Lipinski definition) is 0. The van der Waals surface area contributed by atoms with E-state index in [0.717, 1.165) is 11.8 Å². The van der Waals surface area contributed by atoms with Gasteiger partial charge in [-0.25, -0.2) is 0 Å². The Kier molecular flexibility index (Phi) is 5.66. The van der Waals surface area contributed by atoms with E-state index in [1.165, 1.54) is 0 Å². The van der Waals surface area contributed by atoms with Gasteiger partial charge in [0.25, 0.3) is 0 Å². The molecular formula is C14H23F3N4O. The number of ether oxygens (including phenoxy) is 1. The van der Waals surface area contributed by atoms with Gasteiger partial charge in [0.2, 0.25) is 5.95 Å². The number of anilines is 1. The van der Waals surface area contributed by atoms with Crippen LogP contribution in [0, 0.1) is 5.92 Å². The van der Waals surface area contributed by atoms with Crippen molar-refractivity contribution in [1.29, 1.82) is 0 Å². The van der Waals surface area contributed by atoms with Crippen LogP contribution in [0.1, 0.15) is 38.9 Å². The Hall–Kier alpha value is -1.31. The summed E-state index contributed by atoms with van der Waals surface area (Å²) in [6.45, 7) is 6.82. The van der Waals surface area contributed by atoms with E-state index in [9.17, 15) is 13.2 Å². The molecule has 0 bridgehead atoms. The molecule has 0 spiro atoms. The molecule has 1 aromatic rings. The normalized spacial score (nSPS) is 17.2. The first-order chi connectivity index (χ1) is 10.4. The highest BCUT2D eigenvalue weighted by Crippen LogP contribution is 2.32. The average Bonchev–Trinajstić information content (AvgIpc) is 2.87. The molecule has 1 aliphatic heterocycles. The molecule has 1 saturated heterocycles. The fraction of sp³-hybridized carbons (Fsp3) is 0.857. The third-order valence-corrected chi connectivity index (χ3v) is 3.98. The van der Waals surface area contributed by atoms with Crippen LogP contribution >= 0.6 is 0 Å². The number of halogens is 3. The minimum absolute atomic E-state index is 0.280. The highest BCUT2D eigenvalue weighted by atomic mass is 19.4. The molecule has 1 aliphatic rings. The van der Waals surface area contributed by atoms with E-state index >= 15 is 0 Å². The van der Waals surface area contributed by atoms with Gasteiger partial charge in [-0.2, -0.15) is 13.2 Å². The Bertz CT molecular complexity index is 467. The summed E-state index contributed by atoms with van der Waals surface area (Å²) in [5.41, 5.74) is 0. The van der Waals surface area contributed by atoms with Crippen LogP contribution in [0.4, 0.5) is 19.1 Å². The van der Waals surface area contributed by atoms with Crippen molar-refractivity contribution in [2.45, 2.75) is 52.4 Å². The van der Waals surface area contributed by atoms with Crippen molar-refractivity contribution in [2.75, 3.05) is 24.6 Å². The van der Waals surface area contributed by atoms with Gasteiger partial charge in [-0.05, 0) is 32.6 Å². The third-order valence-electron chi connectivity index (χ3n) is 3.98. The Balaban J connectivity index is 1.97. The quantitative estimate of drug-likeness (QED) is 0.808. The second-order valence-electron chi connectivity index (χ2n) is 5.55. The molecule has 0 atom stereocenters. The molecule has 0 aromatic carbocycles. The predicted octanol–water partition coefficient (Wildman–Crippen LogP) is 3.00. The second kappa shape index (κ2) is 7.30. The summed E-state index contributed by atoms with van der Waals surface area (Å²) >= 11 is 0. The van der Waals surface area contributed by atoms with Crippen LogP contribution in [-0.4, -0.2) is 40.6 Å². The molecule has 1 fully saturated rings. The summed E-state index contributed by atoms with van der Waals surface area (Å²) in [5, 5.41) is 8.34. The maximum absolute atomic E-state index is 12.4. The first kappa shape index (κ1) is 17.1. The molecule has 8 heteroatoms. The van der Waals surface area contributed by atoms with E-state index in [-0.39, 0.29) is 5.92 Å². The van der Waals surface area contributed by atoms with Gasteiger partial charge in [0, 0.05) is 32.7 Å². The van der Waals surface area contributed by atoms with E-state index in [2.05, 4.69) is 10.2 Å². The first-order valence-corrected chi connectivity index (χ1v) is 7.76. The van der Waals surface area contributed by atoms with E-state index < -0.39 is 12.6 Å². The number of alkyl halides is 3. The van der Waals surface area contributed by atoms with E-state index in [4.69, 9.17) is 4.74 Å². The maximum Gasteiger partial charge on any atom is 0.389 e. The van der Waals surface area contributed by atoms with Crippen molar-refractivity contribution in [3.63, 3.8) is 0 Å². The highest BCUT2D eigenvalue weighted by molar-refractivity contribution is 5.31. The van der Waals surface area contributed by atoms with Gasteiger partial charge in [-0.15, -0.1) is 10.2 Å². The van der Waals surface area contributed by atoms with E-state index in [1.807, 2.05) is 23.3 Å². The SMILES string of the molecule is CCOCc1nnc(N2CCC(CC(F)(F)F)CC2)n1CC. The van der Waals surface area contributed by atoms with Gasteiger partial charge in [-0.3, -0.25) is 4.57 Å². The van der Waals surface area contributed by atoms with Gasteiger partial charge in [0.15, 0.2) is 5.82 Å². The minimum Gasteiger partial charge on any atom is -0.374 e. The Labute approximate surface area is 128 Å². The zero-order valence-electron chi connectivity index (χ0n) is 13.1. The van der Waals surface area contributed by atoms with Crippen molar-refractivity contribution in [3.8, 4) is 0 Å². The van der Waals surface area contributed by atoms with Crippen LogP contribution in [0.2, 0.25) is 0 Å². The molecule has 0 saturated carbocycles. The number of nitrogens with zero attached hydrogens (tertiary/aromatic N) is 4. The second-order valence-corrected chi connectivity index (χ2v) is 5.55. The zero-order chi connectivity index (χ0) is 16.2. The first-order valence-electron chi connectivity index (χ1n) is 7.76. The zero-order valence-corrected chi connectivity index (χ0v) is 13.1. The van der Waals surface area contributed by atoms with Gasteiger partial charge in [0.05, 0.1) is 0 Å². The summed E-state index contributed by atoms with van der Waals surface area (Å²) in [5.74, 6) is 1.22. The largest absolute Gasteiger partial charge is 0.389 e. The molecule has 22 heavy (non-hydrogen) atoms. The number of rotatable bonds is 6. The Morgan fingerprint density at radius 2 is 1.86 bits per heavy atom. The van der Waals surface area contributed by atoms with Gasteiger partial charge in [0.1, 0.15) is 6.61 Å². The predicted molar refractivity (Wildman–Crippen MR) is 76.6 cm³/mol. The van der Waals surface area contributed by atoms with Crippen molar-refractivity contribution < 1.29 is 17.9 Å². The lowest BCUT2D eigenvalue weighted by Crippen LogP contribution is -2.36. The molecule has 2 heterocycles. The molecule has 0 amide bonds. The summed E-state index contributed by atoms with van der Waals surface area (Å²) in [6, 6.07) is 0. The monoisotopic (exact) mass is 320 g/mol. The molecule has 0 radical (unpaired) electrons. The lowest BCUT2D eigenvalue weighted by atomic mass is 9.93. The van der Waals surface area contributed by atoms with Crippen molar-refractivity contribution in [3.05, 3.63) is 5.82 Å². The highest BCUT2D eigenvalue weighted by Gasteiger charge is 2.34. The van der Waals surface area contributed by atoms with Gasteiger partial charge < -0.3 is 9.64 Å². The fourth-order valence-corrected chi connectivity index (χ4v) is 2.85. The number of piperidine rings is 1. The number of aromatic nitrogens is 3. The third kappa shape index (κ3) is 4.34. The standard InChI is InChI=1S/C14H23F3N4O/c1-3-21-12(10-22-4-2)18-19-13(21)20-7-5-11(6-8-20)9-14(15,16)17/h11H,3-10H2,1-2H3. The summed E-state index contributed by atoms with van der Waals surface area (Å²) in [4.78, 5) is 2.03. The van der Waals surface area contributed by atoms with Crippen LogP contribution in [0.15, 0.2) is 0 Å². The molecule has 0 N–H and O–H groups in total. The topological polar surface area (TPSA) is 43.2 Å². The van der Waals surface area contributed by atoms with Crippen LogP contribution in [0.25, 0.3) is 0 Å². The summed E-state index contributed by atoms with van der Waals surface area (Å²) in [6.07, 6.45) is -3.68. The fourth-order valence-electron chi connectivity index (χ4n) is 2.85. The average molecular weight is 320 g/mol. The van der Waals surface area contributed by atoms with E-state index in [1.54, 1.807) is 0 Å². The minimum atomic E-state index is -4.07. The lowest BCUT2D eigenvalue weighted by molar-refractivity contribution is -0.145. The molecular weight excluding hydrogens is 297 g/mol. The molecule has 5 nitrogen and oxygen atoms in total. The van der Waals surface area contributed by atoms with Crippen LogP contribution in [0.5, 0.6) is 0 Å². The van der Waals surface area contributed by atoms with Crippen molar-refractivity contribution >= 4 is 5.95 Å². The molecule has 1 aromatic heterocycles. The van der Waals surface area contributed by atoms with Crippen LogP contribution in [0.3, 0.4) is 0 Å².